The number of rotatable bonds is 7. The van der Waals surface area contributed by atoms with Gasteiger partial charge >= 0.3 is 5.69 Å². The molecule has 0 radical (unpaired) electrons. The van der Waals surface area contributed by atoms with E-state index < -0.39 is 16.4 Å². The molecule has 3 rings (SSSR count). The van der Waals surface area contributed by atoms with Crippen LogP contribution < -0.4 is 10.2 Å². The number of benzene rings is 2. The van der Waals surface area contributed by atoms with Gasteiger partial charge in [0.1, 0.15) is 0 Å². The van der Waals surface area contributed by atoms with Gasteiger partial charge in [-0.05, 0) is 18.2 Å². The molecule has 0 spiro atoms. The van der Waals surface area contributed by atoms with Gasteiger partial charge in [-0.1, -0.05) is 23.9 Å². The van der Waals surface area contributed by atoms with Crippen LogP contribution in [-0.4, -0.2) is 40.0 Å². The van der Waals surface area contributed by atoms with E-state index in [4.69, 9.17) is 4.74 Å². The molecule has 1 aromatic heterocycles. The minimum absolute atomic E-state index is 0.0617. The molecule has 3 aromatic rings. The summed E-state index contributed by atoms with van der Waals surface area (Å²) in [5, 5.41) is 24.5. The molecule has 0 aliphatic rings. The zero-order valence-electron chi connectivity index (χ0n) is 14.5. The number of methoxy groups -OCH3 is 1. The average molecular weight is 418 g/mol. The van der Waals surface area contributed by atoms with Crippen LogP contribution in [0.4, 0.5) is 5.69 Å². The zero-order valence-corrected chi connectivity index (χ0v) is 16.1. The maximum absolute atomic E-state index is 11.9. The van der Waals surface area contributed by atoms with Gasteiger partial charge in [0.05, 0.1) is 34.2 Å². The fourth-order valence-electron chi connectivity index (χ4n) is 2.23. The van der Waals surface area contributed by atoms with Crippen LogP contribution in [0, 0.1) is 10.1 Å². The highest BCUT2D eigenvalue weighted by atomic mass is 32.2. The Labute approximate surface area is 167 Å². The van der Waals surface area contributed by atoms with E-state index in [0.717, 1.165) is 20.6 Å². The van der Waals surface area contributed by atoms with E-state index in [9.17, 15) is 20.0 Å². The number of carbonyl (C=O) groups is 1. The monoisotopic (exact) mass is 418 g/mol. The van der Waals surface area contributed by atoms with E-state index in [0.29, 0.717) is 5.56 Å². The van der Waals surface area contributed by atoms with Crippen LogP contribution in [0.3, 0.4) is 0 Å². The van der Waals surface area contributed by atoms with Crippen molar-refractivity contribution < 1.29 is 19.6 Å². The number of fused-ring (bicyclic) bond motifs is 1. The number of para-hydroxylation sites is 1. The quantitative estimate of drug-likeness (QED) is 0.261. The Hall–Kier alpha value is -3.18. The summed E-state index contributed by atoms with van der Waals surface area (Å²) in [7, 11) is 1.28. The topological polar surface area (TPSA) is 127 Å². The maximum Gasteiger partial charge on any atom is 0.315 e. The largest absolute Gasteiger partial charge is 0.500 e. The lowest BCUT2D eigenvalue weighted by molar-refractivity contribution is -0.386. The smallest absolute Gasteiger partial charge is 0.315 e. The second kappa shape index (κ2) is 8.67. The van der Waals surface area contributed by atoms with Crippen molar-refractivity contribution in [3.8, 4) is 11.5 Å². The van der Waals surface area contributed by atoms with E-state index in [1.54, 1.807) is 0 Å². The highest BCUT2D eigenvalue weighted by molar-refractivity contribution is 8.01. The molecule has 144 valence electrons. The summed E-state index contributed by atoms with van der Waals surface area (Å²) in [6.07, 6.45) is 1.23. The third-order valence-corrected chi connectivity index (χ3v) is 5.68. The first-order valence-corrected chi connectivity index (χ1v) is 9.64. The van der Waals surface area contributed by atoms with Crippen molar-refractivity contribution >= 4 is 51.1 Å². The molecule has 0 unspecified atom stereocenters. The molecule has 2 aromatic carbocycles. The van der Waals surface area contributed by atoms with E-state index in [2.05, 4.69) is 15.5 Å². The number of hydrogen-bond donors (Lipinski definition) is 2. The molecule has 2 N–H and O–H groups in total. The molecule has 1 amide bonds. The van der Waals surface area contributed by atoms with Crippen molar-refractivity contribution in [1.82, 2.24) is 10.4 Å². The number of nitro groups is 1. The van der Waals surface area contributed by atoms with Crippen molar-refractivity contribution in [1.29, 1.82) is 0 Å². The van der Waals surface area contributed by atoms with Crippen LogP contribution in [0.5, 0.6) is 11.5 Å². The zero-order chi connectivity index (χ0) is 20.1. The summed E-state index contributed by atoms with van der Waals surface area (Å²) in [6.45, 7) is 0. The van der Waals surface area contributed by atoms with Crippen LogP contribution in [0.15, 0.2) is 45.8 Å². The summed E-state index contributed by atoms with van der Waals surface area (Å²) in [6, 6.07) is 10.2. The average Bonchev–Trinajstić information content (AvgIpc) is 3.10. The van der Waals surface area contributed by atoms with Gasteiger partial charge in [0, 0.05) is 11.6 Å². The highest BCUT2D eigenvalue weighted by Crippen LogP contribution is 2.36. The predicted molar refractivity (Wildman–Crippen MR) is 107 cm³/mol. The Morgan fingerprint density at radius 3 is 2.96 bits per heavy atom. The molecule has 28 heavy (non-hydrogen) atoms. The van der Waals surface area contributed by atoms with Gasteiger partial charge in [0.2, 0.25) is 5.75 Å². The number of ether oxygens (including phenoxy) is 1. The van der Waals surface area contributed by atoms with Crippen molar-refractivity contribution in [3.05, 3.63) is 52.1 Å². The van der Waals surface area contributed by atoms with Crippen molar-refractivity contribution in [2.45, 2.75) is 4.34 Å². The molecule has 0 bridgehead atoms. The van der Waals surface area contributed by atoms with Crippen LogP contribution in [0.2, 0.25) is 0 Å². The normalized spacial score (nSPS) is 11.0. The Kier molecular flexibility index (Phi) is 6.06. The minimum atomic E-state index is -0.734. The lowest BCUT2D eigenvalue weighted by atomic mass is 10.2. The van der Waals surface area contributed by atoms with E-state index >= 15 is 0 Å². The standard InChI is InChI=1S/C17H14N4O5S2/c1-26-13-7-10(6-12(16(13)23)21(24)25)8-18-20-15(22)9-27-17-19-11-4-2-3-5-14(11)28-17/h2-8,23H,9H2,1H3,(H,20,22)/b18-8-. The number of hydrogen-bond acceptors (Lipinski definition) is 9. The van der Waals surface area contributed by atoms with E-state index in [1.807, 2.05) is 24.3 Å². The number of nitro benzene ring substituents is 1. The summed E-state index contributed by atoms with van der Waals surface area (Å²) in [5.41, 5.74) is 3.01. The molecule has 0 atom stereocenters. The fraction of sp³-hybridized carbons (Fsp3) is 0.118. The summed E-state index contributed by atoms with van der Waals surface area (Å²) < 4.78 is 6.73. The molecule has 0 saturated heterocycles. The van der Waals surface area contributed by atoms with Gasteiger partial charge in [-0.25, -0.2) is 10.4 Å². The number of thiazole rings is 1. The number of aromatic hydroxyl groups is 1. The van der Waals surface area contributed by atoms with Gasteiger partial charge in [-0.3, -0.25) is 14.9 Å². The van der Waals surface area contributed by atoms with Crippen molar-refractivity contribution in [2.75, 3.05) is 12.9 Å². The van der Waals surface area contributed by atoms with E-state index in [-0.39, 0.29) is 17.4 Å². The summed E-state index contributed by atoms with van der Waals surface area (Å²) in [5.74, 6) is -0.856. The molecule has 1 heterocycles. The second-order valence-electron chi connectivity index (χ2n) is 5.38. The first-order valence-electron chi connectivity index (χ1n) is 7.83. The lowest BCUT2D eigenvalue weighted by Crippen LogP contribution is -2.19. The highest BCUT2D eigenvalue weighted by Gasteiger charge is 2.19. The molecule has 0 saturated carbocycles. The third kappa shape index (κ3) is 4.56. The summed E-state index contributed by atoms with van der Waals surface area (Å²) >= 11 is 2.80. The molecular weight excluding hydrogens is 404 g/mol. The van der Waals surface area contributed by atoms with Crippen LogP contribution in [0.1, 0.15) is 5.56 Å². The molecule has 0 aliphatic heterocycles. The van der Waals surface area contributed by atoms with Crippen molar-refractivity contribution in [3.63, 3.8) is 0 Å². The van der Waals surface area contributed by atoms with Gasteiger partial charge in [0.15, 0.2) is 10.1 Å². The van der Waals surface area contributed by atoms with E-state index in [1.165, 1.54) is 42.5 Å². The number of hydrazone groups is 1. The number of aromatic nitrogens is 1. The number of nitrogens with zero attached hydrogens (tertiary/aromatic N) is 3. The number of amides is 1. The third-order valence-electron chi connectivity index (χ3n) is 3.50. The minimum Gasteiger partial charge on any atom is -0.500 e. The number of nitrogens with one attached hydrogen (secondary N) is 1. The Morgan fingerprint density at radius 2 is 2.25 bits per heavy atom. The van der Waals surface area contributed by atoms with Crippen LogP contribution >= 0.6 is 23.1 Å². The van der Waals surface area contributed by atoms with Gasteiger partial charge < -0.3 is 9.84 Å². The first-order chi connectivity index (χ1) is 13.5. The SMILES string of the molecule is COc1cc(/C=N\NC(=O)CSc2nc3ccccc3s2)cc([N+](=O)[O-])c1O. The van der Waals surface area contributed by atoms with Gasteiger partial charge in [-0.2, -0.15) is 5.10 Å². The molecule has 0 aliphatic carbocycles. The van der Waals surface area contributed by atoms with Crippen LogP contribution in [-0.2, 0) is 4.79 Å². The Balaban J connectivity index is 1.60. The second-order valence-corrected chi connectivity index (χ2v) is 7.63. The fourth-order valence-corrected chi connectivity index (χ4v) is 4.10. The molecule has 0 fully saturated rings. The molecule has 9 nitrogen and oxygen atoms in total. The Morgan fingerprint density at radius 1 is 1.46 bits per heavy atom. The number of carbonyl (C=O) groups excluding carboxylic acids is 1. The maximum atomic E-state index is 11.9. The molecular formula is C17H14N4O5S2. The van der Waals surface area contributed by atoms with Gasteiger partial charge in [0.25, 0.3) is 5.91 Å². The number of phenols is 1. The Bertz CT molecular complexity index is 1030. The van der Waals surface area contributed by atoms with Crippen LogP contribution in [0.25, 0.3) is 10.2 Å². The number of phenolic OH excluding ortho intramolecular Hbond substituents is 1. The number of thioether (sulfide) groups is 1. The predicted octanol–water partition coefficient (Wildman–Crippen LogP) is 3.16. The molecule has 11 heteroatoms. The summed E-state index contributed by atoms with van der Waals surface area (Å²) in [4.78, 5) is 26.6. The first kappa shape index (κ1) is 19.6. The lowest BCUT2D eigenvalue weighted by Gasteiger charge is -2.05. The van der Waals surface area contributed by atoms with Gasteiger partial charge in [-0.15, -0.1) is 11.3 Å². The van der Waals surface area contributed by atoms with Crippen molar-refractivity contribution in [2.24, 2.45) is 5.10 Å².